The van der Waals surface area contributed by atoms with E-state index >= 15 is 0 Å². The molecule has 1 aliphatic rings. The third kappa shape index (κ3) is 3.33. The zero-order chi connectivity index (χ0) is 17.4. The Hall–Kier alpha value is -2.15. The molecule has 0 saturated carbocycles. The van der Waals surface area contributed by atoms with Gasteiger partial charge in [0.1, 0.15) is 5.82 Å². The lowest BCUT2D eigenvalue weighted by atomic mass is 10.1. The largest absolute Gasteiger partial charge is 0.421 e. The topological polar surface area (TPSA) is 47.6 Å². The van der Waals surface area contributed by atoms with Crippen LogP contribution in [0.15, 0.2) is 51.7 Å². The van der Waals surface area contributed by atoms with E-state index in [0.29, 0.717) is 42.5 Å². The maximum atomic E-state index is 13.1. The zero-order valence-electron chi connectivity index (χ0n) is 13.3. The Kier molecular flexibility index (Phi) is 4.33. The zero-order valence-corrected chi connectivity index (χ0v) is 14.1. The van der Waals surface area contributed by atoms with Crippen molar-refractivity contribution in [2.75, 3.05) is 19.7 Å². The molecule has 2 heterocycles. The molecule has 0 aliphatic carbocycles. The number of aromatic nitrogens is 1. The lowest BCUT2D eigenvalue weighted by Gasteiger charge is -2.33. The lowest BCUT2D eigenvalue weighted by molar-refractivity contribution is -0.0405. The highest BCUT2D eigenvalue weighted by atomic mass is 35.5. The van der Waals surface area contributed by atoms with E-state index in [9.17, 15) is 9.18 Å². The molecule has 4 rings (SSSR count). The minimum absolute atomic E-state index is 0.155. The van der Waals surface area contributed by atoms with Crippen molar-refractivity contribution in [3.05, 3.63) is 69.4 Å². The van der Waals surface area contributed by atoms with Crippen molar-refractivity contribution in [3.63, 3.8) is 0 Å². The lowest BCUT2D eigenvalue weighted by Crippen LogP contribution is -2.40. The number of morpholine rings is 1. The van der Waals surface area contributed by atoms with Gasteiger partial charge in [0, 0.05) is 24.2 Å². The van der Waals surface area contributed by atoms with Gasteiger partial charge in [0.05, 0.1) is 24.9 Å². The van der Waals surface area contributed by atoms with E-state index < -0.39 is 5.76 Å². The standard InChI is InChI=1S/C18H16ClFN2O3/c19-13-3-6-15-16(9-13)25-18(23)22(15)11-21-7-8-24-17(10-21)12-1-4-14(20)5-2-12/h1-6,9,17H,7-8,10-11H2. The minimum atomic E-state index is -0.415. The van der Waals surface area contributed by atoms with E-state index in [1.165, 1.54) is 12.1 Å². The Labute approximate surface area is 148 Å². The molecular formula is C18H16ClFN2O3. The fourth-order valence-corrected chi connectivity index (χ4v) is 3.25. The first-order valence-corrected chi connectivity index (χ1v) is 8.36. The van der Waals surface area contributed by atoms with Gasteiger partial charge in [-0.1, -0.05) is 23.7 Å². The van der Waals surface area contributed by atoms with E-state index in [0.717, 1.165) is 5.56 Å². The number of rotatable bonds is 3. The van der Waals surface area contributed by atoms with Crippen molar-refractivity contribution in [1.29, 1.82) is 0 Å². The van der Waals surface area contributed by atoms with Crippen LogP contribution < -0.4 is 5.76 Å². The van der Waals surface area contributed by atoms with Crippen LogP contribution in [0.5, 0.6) is 0 Å². The third-order valence-corrected chi connectivity index (χ3v) is 4.60. The number of fused-ring (bicyclic) bond motifs is 1. The van der Waals surface area contributed by atoms with Crippen molar-refractivity contribution in [3.8, 4) is 0 Å². The molecule has 5 nitrogen and oxygen atoms in total. The van der Waals surface area contributed by atoms with Crippen LogP contribution in [-0.2, 0) is 11.4 Å². The van der Waals surface area contributed by atoms with E-state index in [1.807, 2.05) is 0 Å². The van der Waals surface area contributed by atoms with Gasteiger partial charge in [-0.25, -0.2) is 9.18 Å². The van der Waals surface area contributed by atoms with Crippen LogP contribution in [0.25, 0.3) is 11.1 Å². The summed E-state index contributed by atoms with van der Waals surface area (Å²) in [5.74, 6) is -0.686. The van der Waals surface area contributed by atoms with Crippen LogP contribution in [0, 0.1) is 5.82 Å². The molecule has 1 aliphatic heterocycles. The molecule has 0 amide bonds. The van der Waals surface area contributed by atoms with Gasteiger partial charge < -0.3 is 9.15 Å². The summed E-state index contributed by atoms with van der Waals surface area (Å²) in [5, 5.41) is 0.524. The number of hydrogen-bond acceptors (Lipinski definition) is 4. The minimum Gasteiger partial charge on any atom is -0.408 e. The van der Waals surface area contributed by atoms with Gasteiger partial charge in [0.15, 0.2) is 5.58 Å². The molecule has 0 radical (unpaired) electrons. The molecule has 0 N–H and O–H groups in total. The second-order valence-electron chi connectivity index (χ2n) is 6.04. The molecule has 2 aromatic carbocycles. The first kappa shape index (κ1) is 16.3. The Morgan fingerprint density at radius 2 is 2.00 bits per heavy atom. The molecule has 3 aromatic rings. The van der Waals surface area contributed by atoms with E-state index in [4.69, 9.17) is 20.8 Å². The van der Waals surface area contributed by atoms with Crippen LogP contribution in [0.1, 0.15) is 11.7 Å². The van der Waals surface area contributed by atoms with Crippen molar-refractivity contribution in [2.24, 2.45) is 0 Å². The molecular weight excluding hydrogens is 347 g/mol. The Bertz CT molecular complexity index is 951. The van der Waals surface area contributed by atoms with Gasteiger partial charge >= 0.3 is 5.76 Å². The summed E-state index contributed by atoms with van der Waals surface area (Å²) >= 11 is 5.95. The Morgan fingerprint density at radius 1 is 1.20 bits per heavy atom. The Balaban J connectivity index is 1.56. The molecule has 7 heteroatoms. The summed E-state index contributed by atoms with van der Waals surface area (Å²) in [6.45, 7) is 2.25. The van der Waals surface area contributed by atoms with Gasteiger partial charge in [-0.2, -0.15) is 0 Å². The fourth-order valence-electron chi connectivity index (χ4n) is 3.08. The van der Waals surface area contributed by atoms with E-state index in [2.05, 4.69) is 4.90 Å². The summed E-state index contributed by atoms with van der Waals surface area (Å²) < 4.78 is 25.7. The maximum absolute atomic E-state index is 13.1. The van der Waals surface area contributed by atoms with Crippen molar-refractivity contribution in [2.45, 2.75) is 12.8 Å². The number of benzene rings is 2. The quantitative estimate of drug-likeness (QED) is 0.716. The molecule has 1 atom stereocenters. The van der Waals surface area contributed by atoms with Crippen LogP contribution in [-0.4, -0.2) is 29.2 Å². The highest BCUT2D eigenvalue weighted by Gasteiger charge is 2.23. The van der Waals surface area contributed by atoms with Gasteiger partial charge in [0.2, 0.25) is 0 Å². The van der Waals surface area contributed by atoms with Gasteiger partial charge in [0.25, 0.3) is 0 Å². The highest BCUT2D eigenvalue weighted by molar-refractivity contribution is 6.31. The molecule has 1 unspecified atom stereocenters. The van der Waals surface area contributed by atoms with Gasteiger partial charge in [-0.05, 0) is 29.8 Å². The number of nitrogens with zero attached hydrogens (tertiary/aromatic N) is 2. The molecule has 1 fully saturated rings. The molecule has 1 saturated heterocycles. The van der Waals surface area contributed by atoms with Crippen molar-refractivity contribution in [1.82, 2.24) is 9.47 Å². The third-order valence-electron chi connectivity index (χ3n) is 4.36. The number of oxazole rings is 1. The van der Waals surface area contributed by atoms with Crippen LogP contribution in [0.4, 0.5) is 4.39 Å². The first-order chi connectivity index (χ1) is 12.1. The molecule has 0 spiro atoms. The van der Waals surface area contributed by atoms with Crippen LogP contribution in [0.2, 0.25) is 5.02 Å². The predicted octanol–water partition coefficient (Wildman–Crippen LogP) is 3.42. The summed E-state index contributed by atoms with van der Waals surface area (Å²) in [4.78, 5) is 14.3. The summed E-state index contributed by atoms with van der Waals surface area (Å²) in [6.07, 6.45) is -0.155. The predicted molar refractivity (Wildman–Crippen MR) is 92.2 cm³/mol. The summed E-state index contributed by atoms with van der Waals surface area (Å²) in [5.41, 5.74) is 2.10. The maximum Gasteiger partial charge on any atom is 0.421 e. The van der Waals surface area contributed by atoms with Crippen LogP contribution in [0.3, 0.4) is 0 Å². The second-order valence-corrected chi connectivity index (χ2v) is 6.47. The first-order valence-electron chi connectivity index (χ1n) is 7.98. The summed E-state index contributed by atoms with van der Waals surface area (Å²) in [7, 11) is 0. The fraction of sp³-hybridized carbons (Fsp3) is 0.278. The normalized spacial score (nSPS) is 18.7. The summed E-state index contributed by atoms with van der Waals surface area (Å²) in [6, 6.07) is 11.5. The highest BCUT2D eigenvalue weighted by Crippen LogP contribution is 2.24. The number of halogens is 2. The average molecular weight is 363 g/mol. The molecule has 0 bridgehead atoms. The van der Waals surface area contributed by atoms with Crippen molar-refractivity contribution >= 4 is 22.7 Å². The number of ether oxygens (including phenoxy) is 1. The SMILES string of the molecule is O=c1oc2cc(Cl)ccc2n1CN1CCOC(c2ccc(F)cc2)C1. The smallest absolute Gasteiger partial charge is 0.408 e. The van der Waals surface area contributed by atoms with Gasteiger partial charge in [-0.15, -0.1) is 0 Å². The molecule has 130 valence electrons. The van der Waals surface area contributed by atoms with E-state index in [1.54, 1.807) is 34.9 Å². The monoisotopic (exact) mass is 362 g/mol. The molecule has 1 aromatic heterocycles. The average Bonchev–Trinajstić information content (AvgIpc) is 2.90. The second kappa shape index (κ2) is 6.63. The van der Waals surface area contributed by atoms with Crippen molar-refractivity contribution < 1.29 is 13.5 Å². The van der Waals surface area contributed by atoms with E-state index in [-0.39, 0.29) is 11.9 Å². The Morgan fingerprint density at radius 3 is 2.80 bits per heavy atom. The van der Waals surface area contributed by atoms with Gasteiger partial charge in [-0.3, -0.25) is 9.47 Å². The molecule has 25 heavy (non-hydrogen) atoms. The van der Waals surface area contributed by atoms with Crippen LogP contribution >= 0.6 is 11.6 Å². The number of hydrogen-bond donors (Lipinski definition) is 0.